The van der Waals surface area contributed by atoms with Gasteiger partial charge in [0.15, 0.2) is 5.96 Å². The average Bonchev–Trinajstić information content (AvgIpc) is 2.53. The minimum Gasteiger partial charge on any atom is -0.492 e. The van der Waals surface area contributed by atoms with Crippen LogP contribution in [0.3, 0.4) is 0 Å². The van der Waals surface area contributed by atoms with Gasteiger partial charge in [-0.25, -0.2) is 4.99 Å². The van der Waals surface area contributed by atoms with E-state index in [0.29, 0.717) is 19.1 Å². The van der Waals surface area contributed by atoms with Crippen LogP contribution in [0.2, 0.25) is 0 Å². The molecule has 0 bridgehead atoms. The summed E-state index contributed by atoms with van der Waals surface area (Å²) in [4.78, 5) is 6.77. The Bertz CT molecular complexity index is 540. The van der Waals surface area contributed by atoms with Crippen molar-refractivity contribution in [2.45, 2.75) is 32.9 Å². The van der Waals surface area contributed by atoms with Gasteiger partial charge in [-0.05, 0) is 26.8 Å². The Morgan fingerprint density at radius 3 is 2.64 bits per heavy atom. The third kappa shape index (κ3) is 8.73. The van der Waals surface area contributed by atoms with Crippen LogP contribution in [-0.2, 0) is 11.3 Å². The van der Waals surface area contributed by atoms with Gasteiger partial charge < -0.3 is 20.5 Å². The third-order valence-electron chi connectivity index (χ3n) is 3.66. The highest BCUT2D eigenvalue weighted by Gasteiger charge is 2.11. The van der Waals surface area contributed by atoms with Crippen molar-refractivity contribution in [3.8, 4) is 5.75 Å². The Hall–Kier alpha value is -1.06. The molecule has 0 spiro atoms. The van der Waals surface area contributed by atoms with Crippen molar-refractivity contribution in [3.05, 3.63) is 29.8 Å². The first kappa shape index (κ1) is 22.0. The smallest absolute Gasteiger partial charge is 0.189 e. The van der Waals surface area contributed by atoms with Gasteiger partial charge >= 0.3 is 0 Å². The summed E-state index contributed by atoms with van der Waals surface area (Å²) in [5.41, 5.74) is 6.88. The number of halogens is 1. The summed E-state index contributed by atoms with van der Waals surface area (Å²) in [7, 11) is 0. The summed E-state index contributed by atoms with van der Waals surface area (Å²) in [6.45, 7) is 11.8. The molecule has 142 valence electrons. The third-order valence-corrected chi connectivity index (χ3v) is 3.66. The Morgan fingerprint density at radius 2 is 1.96 bits per heavy atom. The number of nitrogens with zero attached hydrogens (tertiary/aromatic N) is 2. The first-order valence-corrected chi connectivity index (χ1v) is 8.53. The predicted molar refractivity (Wildman–Crippen MR) is 113 cm³/mol. The van der Waals surface area contributed by atoms with E-state index in [0.717, 1.165) is 44.2 Å². The molecule has 0 atom stereocenters. The van der Waals surface area contributed by atoms with Crippen molar-refractivity contribution in [1.29, 1.82) is 0 Å². The second kappa shape index (κ2) is 10.8. The number of hydrogen-bond acceptors (Lipinski definition) is 4. The normalized spacial score (nSPS) is 16.2. The number of nitrogens with one attached hydrogen (secondary N) is 1. The standard InChI is InChI=1S/C18H30N4O2.HI/c1-18(2,3)21-17(19)20-14-15-6-4-5-7-16(15)24-13-10-22-8-11-23-12-9-22;/h4-7H,8-14H2,1-3H3,(H3,19,20,21);1H. The number of morpholine rings is 1. The first-order valence-electron chi connectivity index (χ1n) is 8.53. The molecule has 1 aliphatic heterocycles. The van der Waals surface area contributed by atoms with Gasteiger partial charge in [0, 0.05) is 30.7 Å². The van der Waals surface area contributed by atoms with Crippen molar-refractivity contribution in [2.24, 2.45) is 10.7 Å². The van der Waals surface area contributed by atoms with Gasteiger partial charge in [-0.1, -0.05) is 18.2 Å². The Balaban J connectivity index is 0.00000312. The highest BCUT2D eigenvalue weighted by Crippen LogP contribution is 2.19. The van der Waals surface area contributed by atoms with E-state index >= 15 is 0 Å². The average molecular weight is 462 g/mol. The fourth-order valence-corrected chi connectivity index (χ4v) is 2.48. The molecular formula is C18H31IN4O2. The topological polar surface area (TPSA) is 72.1 Å². The maximum absolute atomic E-state index is 5.96. The molecule has 0 aliphatic carbocycles. The van der Waals surface area contributed by atoms with Crippen molar-refractivity contribution >= 4 is 29.9 Å². The van der Waals surface area contributed by atoms with E-state index < -0.39 is 0 Å². The fraction of sp³-hybridized carbons (Fsp3) is 0.611. The zero-order chi connectivity index (χ0) is 17.4. The summed E-state index contributed by atoms with van der Waals surface area (Å²) in [6, 6.07) is 7.98. The number of para-hydroxylation sites is 1. The van der Waals surface area contributed by atoms with Gasteiger partial charge in [0.25, 0.3) is 0 Å². The molecule has 0 saturated carbocycles. The van der Waals surface area contributed by atoms with Crippen molar-refractivity contribution in [3.63, 3.8) is 0 Å². The summed E-state index contributed by atoms with van der Waals surface area (Å²) < 4.78 is 11.3. The molecule has 25 heavy (non-hydrogen) atoms. The van der Waals surface area contributed by atoms with Crippen LogP contribution in [0.25, 0.3) is 0 Å². The summed E-state index contributed by atoms with van der Waals surface area (Å²) in [5, 5.41) is 3.16. The molecule has 0 radical (unpaired) electrons. The van der Waals surface area contributed by atoms with Gasteiger partial charge in [0.2, 0.25) is 0 Å². The molecule has 1 aromatic carbocycles. The van der Waals surface area contributed by atoms with Crippen LogP contribution in [-0.4, -0.2) is 55.9 Å². The molecule has 1 fully saturated rings. The van der Waals surface area contributed by atoms with Crippen molar-refractivity contribution < 1.29 is 9.47 Å². The van der Waals surface area contributed by atoms with E-state index in [9.17, 15) is 0 Å². The molecule has 0 amide bonds. The molecular weight excluding hydrogens is 431 g/mol. The molecule has 0 unspecified atom stereocenters. The van der Waals surface area contributed by atoms with E-state index in [1.807, 2.05) is 24.3 Å². The maximum Gasteiger partial charge on any atom is 0.189 e. The van der Waals surface area contributed by atoms with Crippen LogP contribution in [0.5, 0.6) is 5.75 Å². The van der Waals surface area contributed by atoms with Gasteiger partial charge in [0.05, 0.1) is 19.8 Å². The highest BCUT2D eigenvalue weighted by atomic mass is 127. The lowest BCUT2D eigenvalue weighted by atomic mass is 10.1. The lowest BCUT2D eigenvalue weighted by Gasteiger charge is -2.26. The molecule has 0 aromatic heterocycles. The first-order chi connectivity index (χ1) is 11.4. The van der Waals surface area contributed by atoms with Gasteiger partial charge in [-0.3, -0.25) is 4.90 Å². The lowest BCUT2D eigenvalue weighted by molar-refractivity contribution is 0.0322. The monoisotopic (exact) mass is 462 g/mol. The Labute approximate surface area is 168 Å². The number of aliphatic imine (C=N–C) groups is 1. The number of rotatable bonds is 6. The van der Waals surface area contributed by atoms with Crippen LogP contribution in [0.4, 0.5) is 0 Å². The van der Waals surface area contributed by atoms with E-state index in [1.165, 1.54) is 0 Å². The van der Waals surface area contributed by atoms with Crippen LogP contribution < -0.4 is 15.8 Å². The Morgan fingerprint density at radius 1 is 1.28 bits per heavy atom. The number of hydrogen-bond donors (Lipinski definition) is 2. The molecule has 7 heteroatoms. The summed E-state index contributed by atoms with van der Waals surface area (Å²) in [5.74, 6) is 1.32. The molecule has 1 heterocycles. The molecule has 1 saturated heterocycles. The van der Waals surface area contributed by atoms with E-state index in [2.05, 4.69) is 36.0 Å². The lowest BCUT2D eigenvalue weighted by Crippen LogP contribution is -2.44. The van der Waals surface area contributed by atoms with Crippen molar-refractivity contribution in [2.75, 3.05) is 39.5 Å². The number of nitrogens with two attached hydrogens (primary N) is 1. The van der Waals surface area contributed by atoms with Crippen molar-refractivity contribution in [1.82, 2.24) is 10.2 Å². The largest absolute Gasteiger partial charge is 0.492 e. The van der Waals surface area contributed by atoms with Crippen LogP contribution in [0.1, 0.15) is 26.3 Å². The van der Waals surface area contributed by atoms with Crippen LogP contribution >= 0.6 is 24.0 Å². The van der Waals surface area contributed by atoms with Crippen LogP contribution in [0.15, 0.2) is 29.3 Å². The van der Waals surface area contributed by atoms with E-state index in [-0.39, 0.29) is 29.5 Å². The SMILES string of the molecule is CC(C)(C)NC(N)=NCc1ccccc1OCCN1CCOCC1.I. The minimum absolute atomic E-state index is 0. The van der Waals surface area contributed by atoms with Gasteiger partial charge in [-0.2, -0.15) is 0 Å². The van der Waals surface area contributed by atoms with E-state index in [1.54, 1.807) is 0 Å². The number of guanidine groups is 1. The fourth-order valence-electron chi connectivity index (χ4n) is 2.48. The molecule has 1 aromatic rings. The second-order valence-corrected chi connectivity index (χ2v) is 6.99. The quantitative estimate of drug-likeness (QED) is 0.386. The van der Waals surface area contributed by atoms with E-state index in [4.69, 9.17) is 15.2 Å². The molecule has 3 N–H and O–H groups in total. The van der Waals surface area contributed by atoms with Gasteiger partial charge in [0.1, 0.15) is 12.4 Å². The number of benzene rings is 1. The maximum atomic E-state index is 5.96. The molecule has 6 nitrogen and oxygen atoms in total. The Kier molecular flexibility index (Phi) is 9.52. The zero-order valence-corrected chi connectivity index (χ0v) is 17.8. The van der Waals surface area contributed by atoms with Gasteiger partial charge in [-0.15, -0.1) is 24.0 Å². The predicted octanol–water partition coefficient (Wildman–Crippen LogP) is 2.22. The zero-order valence-electron chi connectivity index (χ0n) is 15.5. The molecule has 2 rings (SSSR count). The summed E-state index contributed by atoms with van der Waals surface area (Å²) in [6.07, 6.45) is 0. The summed E-state index contributed by atoms with van der Waals surface area (Å²) >= 11 is 0. The minimum atomic E-state index is -0.0955. The second-order valence-electron chi connectivity index (χ2n) is 6.99. The molecule has 1 aliphatic rings. The highest BCUT2D eigenvalue weighted by molar-refractivity contribution is 14.0. The number of ether oxygens (including phenoxy) is 2. The van der Waals surface area contributed by atoms with Crippen LogP contribution in [0, 0.1) is 0 Å².